The molecule has 5 heteroatoms. The van der Waals surface area contributed by atoms with E-state index < -0.39 is 0 Å². The maximum Gasteiger partial charge on any atom is 0.168 e. The van der Waals surface area contributed by atoms with Crippen LogP contribution in [0.2, 0.25) is 0 Å². The molecular formula is C15H29NO4. The quantitative estimate of drug-likeness (QED) is 0.635. The smallest absolute Gasteiger partial charge is 0.168 e. The second-order valence-corrected chi connectivity index (χ2v) is 5.78. The van der Waals surface area contributed by atoms with Crippen LogP contribution in [0.3, 0.4) is 0 Å². The lowest BCUT2D eigenvalue weighted by Gasteiger charge is -2.39. The normalized spacial score (nSPS) is 22.9. The third-order valence-electron chi connectivity index (χ3n) is 4.39. The van der Waals surface area contributed by atoms with Gasteiger partial charge in [-0.05, 0) is 26.3 Å². The molecule has 0 radical (unpaired) electrons. The highest BCUT2D eigenvalue weighted by atomic mass is 16.7. The van der Waals surface area contributed by atoms with Gasteiger partial charge in [0.25, 0.3) is 0 Å². The number of ether oxygens (including phenoxy) is 4. The molecule has 1 aliphatic heterocycles. The summed E-state index contributed by atoms with van der Waals surface area (Å²) in [5.74, 6) is -0.236. The summed E-state index contributed by atoms with van der Waals surface area (Å²) in [6.07, 6.45) is 5.48. The highest BCUT2D eigenvalue weighted by Gasteiger charge is 2.40. The highest BCUT2D eigenvalue weighted by molar-refractivity contribution is 4.85. The lowest BCUT2D eigenvalue weighted by Crippen LogP contribution is -2.43. The van der Waals surface area contributed by atoms with E-state index >= 15 is 0 Å². The molecule has 0 unspecified atom stereocenters. The minimum atomic E-state index is -0.236. The van der Waals surface area contributed by atoms with Gasteiger partial charge in [-0.3, -0.25) is 0 Å². The summed E-state index contributed by atoms with van der Waals surface area (Å²) in [5.41, 5.74) is 0. The summed E-state index contributed by atoms with van der Waals surface area (Å²) in [5, 5.41) is 0. The first kappa shape index (κ1) is 16.2. The van der Waals surface area contributed by atoms with Gasteiger partial charge in [-0.15, -0.1) is 0 Å². The first-order valence-corrected chi connectivity index (χ1v) is 7.81. The first-order chi connectivity index (χ1) is 9.76. The summed E-state index contributed by atoms with van der Waals surface area (Å²) >= 11 is 0. The molecule has 118 valence electrons. The second-order valence-electron chi connectivity index (χ2n) is 5.78. The van der Waals surface area contributed by atoms with Crippen molar-refractivity contribution < 1.29 is 18.9 Å². The van der Waals surface area contributed by atoms with Crippen LogP contribution in [0.4, 0.5) is 0 Å². The molecule has 5 nitrogen and oxygen atoms in total. The Balaban J connectivity index is 1.56. The Kier molecular flexibility index (Phi) is 6.71. The van der Waals surface area contributed by atoms with Gasteiger partial charge in [0.2, 0.25) is 0 Å². The number of nitrogens with zero attached hydrogens (tertiary/aromatic N) is 1. The number of hydrogen-bond acceptors (Lipinski definition) is 5. The van der Waals surface area contributed by atoms with Crippen molar-refractivity contribution in [2.75, 3.05) is 53.7 Å². The van der Waals surface area contributed by atoms with Crippen molar-refractivity contribution in [1.82, 2.24) is 4.90 Å². The molecule has 0 aromatic carbocycles. The van der Waals surface area contributed by atoms with Crippen molar-refractivity contribution in [3.63, 3.8) is 0 Å². The van der Waals surface area contributed by atoms with E-state index in [0.29, 0.717) is 19.3 Å². The molecule has 0 N–H and O–H groups in total. The Labute approximate surface area is 122 Å². The van der Waals surface area contributed by atoms with Crippen molar-refractivity contribution >= 4 is 0 Å². The van der Waals surface area contributed by atoms with Crippen LogP contribution < -0.4 is 0 Å². The molecule has 1 saturated carbocycles. The summed E-state index contributed by atoms with van der Waals surface area (Å²) < 4.78 is 22.0. The average molecular weight is 287 g/mol. The van der Waals surface area contributed by atoms with Gasteiger partial charge < -0.3 is 23.8 Å². The Morgan fingerprint density at radius 3 is 2.45 bits per heavy atom. The fourth-order valence-electron chi connectivity index (χ4n) is 3.11. The van der Waals surface area contributed by atoms with Crippen LogP contribution in [0.1, 0.15) is 32.1 Å². The van der Waals surface area contributed by atoms with Gasteiger partial charge in [0.15, 0.2) is 5.79 Å². The highest BCUT2D eigenvalue weighted by Crippen LogP contribution is 2.36. The third-order valence-corrected chi connectivity index (χ3v) is 4.39. The van der Waals surface area contributed by atoms with E-state index in [1.54, 1.807) is 7.11 Å². The van der Waals surface area contributed by atoms with Gasteiger partial charge in [0.05, 0.1) is 26.4 Å². The summed E-state index contributed by atoms with van der Waals surface area (Å²) in [6, 6.07) is 0.660. The molecule has 2 rings (SSSR count). The Morgan fingerprint density at radius 2 is 1.80 bits per heavy atom. The van der Waals surface area contributed by atoms with E-state index in [-0.39, 0.29) is 5.79 Å². The molecule has 1 heterocycles. The van der Waals surface area contributed by atoms with E-state index in [1.165, 1.54) is 12.8 Å². The number of rotatable bonds is 8. The molecule has 1 spiro atoms. The molecule has 1 aliphatic carbocycles. The number of methoxy groups -OCH3 is 1. The van der Waals surface area contributed by atoms with E-state index in [4.69, 9.17) is 18.9 Å². The van der Waals surface area contributed by atoms with Gasteiger partial charge >= 0.3 is 0 Å². The van der Waals surface area contributed by atoms with Crippen molar-refractivity contribution in [2.24, 2.45) is 0 Å². The van der Waals surface area contributed by atoms with Crippen molar-refractivity contribution in [1.29, 1.82) is 0 Å². The van der Waals surface area contributed by atoms with Gasteiger partial charge in [0.1, 0.15) is 0 Å². The monoisotopic (exact) mass is 287 g/mol. The second kappa shape index (κ2) is 8.29. The van der Waals surface area contributed by atoms with Crippen LogP contribution in [-0.4, -0.2) is 70.5 Å². The molecule has 2 fully saturated rings. The fraction of sp³-hybridized carbons (Fsp3) is 1.00. The van der Waals surface area contributed by atoms with E-state index in [1.807, 2.05) is 0 Å². The fourth-order valence-corrected chi connectivity index (χ4v) is 3.11. The predicted molar refractivity (Wildman–Crippen MR) is 76.8 cm³/mol. The van der Waals surface area contributed by atoms with Crippen LogP contribution in [0.25, 0.3) is 0 Å². The summed E-state index contributed by atoms with van der Waals surface area (Å²) in [7, 11) is 3.92. The molecular weight excluding hydrogens is 258 g/mol. The zero-order chi connectivity index (χ0) is 14.3. The largest absolute Gasteiger partial charge is 0.382 e. The van der Waals surface area contributed by atoms with Crippen molar-refractivity contribution in [3.05, 3.63) is 0 Å². The van der Waals surface area contributed by atoms with Gasteiger partial charge in [0, 0.05) is 39.1 Å². The molecule has 0 atom stereocenters. The Morgan fingerprint density at radius 1 is 1.10 bits per heavy atom. The molecule has 0 amide bonds. The SMILES string of the molecule is COCCOCCCN(C)C1CCC2(CC1)OCCO2. The topological polar surface area (TPSA) is 40.2 Å². The first-order valence-electron chi connectivity index (χ1n) is 7.81. The molecule has 0 bridgehead atoms. The van der Waals surface area contributed by atoms with E-state index in [2.05, 4.69) is 11.9 Å². The van der Waals surface area contributed by atoms with Crippen LogP contribution in [0.15, 0.2) is 0 Å². The molecule has 2 aliphatic rings. The molecule has 20 heavy (non-hydrogen) atoms. The predicted octanol–water partition coefficient (Wildman–Crippen LogP) is 1.66. The van der Waals surface area contributed by atoms with E-state index in [9.17, 15) is 0 Å². The third kappa shape index (κ3) is 4.67. The molecule has 0 aromatic heterocycles. The zero-order valence-electron chi connectivity index (χ0n) is 12.9. The zero-order valence-corrected chi connectivity index (χ0v) is 12.9. The minimum absolute atomic E-state index is 0.236. The maximum absolute atomic E-state index is 5.77. The molecule has 0 aromatic rings. The standard InChI is InChI=1S/C15H29NO4/c1-16(8-3-9-18-11-10-17-2)14-4-6-15(7-5-14)19-12-13-20-15/h14H,3-13H2,1-2H3. The van der Waals surface area contributed by atoms with Crippen LogP contribution in [0.5, 0.6) is 0 Å². The van der Waals surface area contributed by atoms with Crippen LogP contribution in [0, 0.1) is 0 Å². The maximum atomic E-state index is 5.77. The van der Waals surface area contributed by atoms with Gasteiger partial charge in [-0.2, -0.15) is 0 Å². The van der Waals surface area contributed by atoms with Crippen LogP contribution in [-0.2, 0) is 18.9 Å². The Hall–Kier alpha value is -0.200. The number of hydrogen-bond donors (Lipinski definition) is 0. The Bertz CT molecular complexity index is 259. The van der Waals surface area contributed by atoms with Crippen molar-refractivity contribution in [2.45, 2.75) is 43.9 Å². The van der Waals surface area contributed by atoms with Crippen molar-refractivity contribution in [3.8, 4) is 0 Å². The lowest BCUT2D eigenvalue weighted by atomic mass is 9.89. The molecule has 1 saturated heterocycles. The van der Waals surface area contributed by atoms with E-state index in [0.717, 1.165) is 45.6 Å². The van der Waals surface area contributed by atoms with Crippen LogP contribution >= 0.6 is 0 Å². The minimum Gasteiger partial charge on any atom is -0.382 e. The van der Waals surface area contributed by atoms with Gasteiger partial charge in [-0.1, -0.05) is 0 Å². The summed E-state index contributed by atoms with van der Waals surface area (Å²) in [6.45, 7) is 4.81. The summed E-state index contributed by atoms with van der Waals surface area (Å²) in [4.78, 5) is 2.46. The van der Waals surface area contributed by atoms with Gasteiger partial charge in [-0.25, -0.2) is 0 Å². The average Bonchev–Trinajstić information content (AvgIpc) is 2.91. The lowest BCUT2D eigenvalue weighted by molar-refractivity contribution is -0.183.